The summed E-state index contributed by atoms with van der Waals surface area (Å²) in [5.74, 6) is 0.185. The standard InChI is InChI=1S/C22H20ClN5O2S2/c1-13-3-6-15(7-4-13)12-31-22-26-25-21(32-22)24-20(30)18-9-10-19(29)28(27-18)16-8-5-14(2)17(23)11-16/h3-8,11H,9-10,12H2,1-2H3,(H,24,25,30). The van der Waals surface area contributed by atoms with E-state index in [0.717, 1.165) is 15.7 Å². The van der Waals surface area contributed by atoms with E-state index in [0.29, 0.717) is 15.8 Å². The van der Waals surface area contributed by atoms with E-state index < -0.39 is 5.91 Å². The maximum atomic E-state index is 12.7. The number of aromatic nitrogens is 2. The second kappa shape index (κ2) is 9.81. The normalized spacial score (nSPS) is 13.8. The predicted octanol–water partition coefficient (Wildman–Crippen LogP) is 5.22. The van der Waals surface area contributed by atoms with Crippen LogP contribution >= 0.6 is 34.7 Å². The van der Waals surface area contributed by atoms with Gasteiger partial charge in [0, 0.05) is 23.6 Å². The summed E-state index contributed by atoms with van der Waals surface area (Å²) in [7, 11) is 0. The van der Waals surface area contributed by atoms with Crippen LogP contribution in [0.2, 0.25) is 5.02 Å². The largest absolute Gasteiger partial charge is 0.295 e. The van der Waals surface area contributed by atoms with Gasteiger partial charge in [-0.3, -0.25) is 14.9 Å². The maximum absolute atomic E-state index is 12.7. The summed E-state index contributed by atoms with van der Waals surface area (Å²) in [6.45, 7) is 3.93. The molecular weight excluding hydrogens is 466 g/mol. The number of carbonyl (C=O) groups is 2. The van der Waals surface area contributed by atoms with Crippen LogP contribution in [0.4, 0.5) is 10.8 Å². The van der Waals surface area contributed by atoms with Gasteiger partial charge in [-0.05, 0) is 37.1 Å². The van der Waals surface area contributed by atoms with E-state index in [2.05, 4.69) is 51.8 Å². The van der Waals surface area contributed by atoms with Crippen LogP contribution in [0.5, 0.6) is 0 Å². The summed E-state index contributed by atoms with van der Waals surface area (Å²) in [6.07, 6.45) is 0.445. The van der Waals surface area contributed by atoms with Gasteiger partial charge in [0.15, 0.2) is 4.34 Å². The number of halogens is 1. The molecule has 0 saturated carbocycles. The Labute approximate surface area is 198 Å². The van der Waals surface area contributed by atoms with Crippen molar-refractivity contribution in [3.05, 3.63) is 64.2 Å². The Bertz CT molecular complexity index is 1190. The minimum absolute atomic E-state index is 0.186. The smallest absolute Gasteiger partial charge is 0.273 e. The number of carbonyl (C=O) groups excluding carboxylic acids is 2. The van der Waals surface area contributed by atoms with Crippen LogP contribution in [0, 0.1) is 13.8 Å². The van der Waals surface area contributed by atoms with Crippen molar-refractivity contribution in [1.82, 2.24) is 10.2 Å². The zero-order chi connectivity index (χ0) is 22.7. The van der Waals surface area contributed by atoms with Gasteiger partial charge in [-0.1, -0.05) is 70.6 Å². The Morgan fingerprint density at radius 2 is 1.94 bits per heavy atom. The summed E-state index contributed by atoms with van der Waals surface area (Å²) in [5, 5.41) is 17.4. The monoisotopic (exact) mass is 485 g/mol. The second-order valence-corrected chi connectivity index (χ2v) is 9.89. The first-order valence-electron chi connectivity index (χ1n) is 9.89. The number of aryl methyl sites for hydroxylation is 2. The van der Waals surface area contributed by atoms with Crippen LogP contribution in [-0.4, -0.2) is 27.7 Å². The summed E-state index contributed by atoms with van der Waals surface area (Å²) in [6, 6.07) is 13.6. The summed E-state index contributed by atoms with van der Waals surface area (Å²) in [4.78, 5) is 25.1. The van der Waals surface area contributed by atoms with Gasteiger partial charge < -0.3 is 0 Å². The van der Waals surface area contributed by atoms with Gasteiger partial charge in [-0.15, -0.1) is 10.2 Å². The quantitative estimate of drug-likeness (QED) is 0.382. The Morgan fingerprint density at radius 3 is 2.69 bits per heavy atom. The van der Waals surface area contributed by atoms with Crippen molar-refractivity contribution in [3.8, 4) is 0 Å². The number of hydrogen-bond donors (Lipinski definition) is 1. The van der Waals surface area contributed by atoms with E-state index in [9.17, 15) is 9.59 Å². The highest BCUT2D eigenvalue weighted by Gasteiger charge is 2.26. The summed E-state index contributed by atoms with van der Waals surface area (Å²) < 4.78 is 0.762. The van der Waals surface area contributed by atoms with Gasteiger partial charge in [0.05, 0.1) is 5.69 Å². The lowest BCUT2D eigenvalue weighted by molar-refractivity contribution is -0.118. The van der Waals surface area contributed by atoms with E-state index in [-0.39, 0.29) is 24.5 Å². The number of nitrogens with zero attached hydrogens (tertiary/aromatic N) is 4. The molecule has 2 amide bonds. The lowest BCUT2D eigenvalue weighted by Gasteiger charge is -2.23. The van der Waals surface area contributed by atoms with Gasteiger partial charge in [0.2, 0.25) is 11.0 Å². The highest BCUT2D eigenvalue weighted by Crippen LogP contribution is 2.29. The minimum Gasteiger partial charge on any atom is -0.295 e. The molecule has 1 aromatic heterocycles. The molecule has 1 N–H and O–H groups in total. The fourth-order valence-electron chi connectivity index (χ4n) is 2.95. The summed E-state index contributed by atoms with van der Waals surface area (Å²) in [5.41, 5.74) is 4.09. The van der Waals surface area contributed by atoms with Gasteiger partial charge in [-0.2, -0.15) is 5.10 Å². The number of hydrogen-bond acceptors (Lipinski definition) is 7. The molecule has 7 nitrogen and oxygen atoms in total. The third-order valence-electron chi connectivity index (χ3n) is 4.80. The molecule has 0 unspecified atom stereocenters. The predicted molar refractivity (Wildman–Crippen MR) is 130 cm³/mol. The molecule has 0 spiro atoms. The van der Waals surface area contributed by atoms with Crippen LogP contribution in [0.25, 0.3) is 0 Å². The topological polar surface area (TPSA) is 87.6 Å². The van der Waals surface area contributed by atoms with Crippen LogP contribution in [0.3, 0.4) is 0 Å². The zero-order valence-electron chi connectivity index (χ0n) is 17.5. The van der Waals surface area contributed by atoms with Gasteiger partial charge in [0.1, 0.15) is 5.71 Å². The fraction of sp³-hybridized carbons (Fsp3) is 0.227. The van der Waals surface area contributed by atoms with Crippen LogP contribution in [0.15, 0.2) is 51.9 Å². The van der Waals surface area contributed by atoms with Crippen molar-refractivity contribution >= 4 is 63.0 Å². The molecule has 3 aromatic rings. The number of benzene rings is 2. The van der Waals surface area contributed by atoms with Gasteiger partial charge in [0.25, 0.3) is 5.91 Å². The lowest BCUT2D eigenvalue weighted by Crippen LogP contribution is -2.36. The Kier molecular flexibility index (Phi) is 6.88. The van der Waals surface area contributed by atoms with Crippen molar-refractivity contribution in [1.29, 1.82) is 0 Å². The van der Waals surface area contributed by atoms with Crippen molar-refractivity contribution in [2.75, 3.05) is 10.3 Å². The van der Waals surface area contributed by atoms with Crippen LogP contribution in [0.1, 0.15) is 29.5 Å². The minimum atomic E-state index is -0.396. The second-order valence-electron chi connectivity index (χ2n) is 7.29. The molecule has 0 radical (unpaired) electrons. The van der Waals surface area contributed by atoms with Gasteiger partial charge in [-0.25, -0.2) is 5.01 Å². The lowest BCUT2D eigenvalue weighted by atomic mass is 10.1. The fourth-order valence-corrected chi connectivity index (χ4v) is 4.83. The first kappa shape index (κ1) is 22.4. The molecule has 0 atom stereocenters. The number of anilines is 2. The van der Waals surface area contributed by atoms with Crippen molar-refractivity contribution in [3.63, 3.8) is 0 Å². The third kappa shape index (κ3) is 5.35. The Balaban J connectivity index is 1.41. The van der Waals surface area contributed by atoms with Crippen molar-refractivity contribution < 1.29 is 9.59 Å². The highest BCUT2D eigenvalue weighted by atomic mass is 35.5. The SMILES string of the molecule is Cc1ccc(CSc2nnc(NC(=O)C3=NN(c4ccc(C)c(Cl)c4)C(=O)CC3)s2)cc1. The Morgan fingerprint density at radius 1 is 1.16 bits per heavy atom. The molecule has 0 saturated heterocycles. The first-order chi connectivity index (χ1) is 15.4. The van der Waals surface area contributed by atoms with Crippen molar-refractivity contribution in [2.24, 2.45) is 5.10 Å². The molecule has 4 rings (SSSR count). The molecular formula is C22H20ClN5O2S2. The van der Waals surface area contributed by atoms with E-state index in [1.54, 1.807) is 23.9 Å². The summed E-state index contributed by atoms with van der Waals surface area (Å²) >= 11 is 9.05. The molecule has 0 aliphatic carbocycles. The molecule has 32 heavy (non-hydrogen) atoms. The first-order valence-corrected chi connectivity index (χ1v) is 12.1. The number of thioether (sulfide) groups is 1. The molecule has 0 fully saturated rings. The van der Waals surface area contributed by atoms with Crippen LogP contribution < -0.4 is 10.3 Å². The van der Waals surface area contributed by atoms with E-state index >= 15 is 0 Å². The van der Waals surface area contributed by atoms with E-state index in [1.165, 1.54) is 27.5 Å². The van der Waals surface area contributed by atoms with Crippen LogP contribution in [-0.2, 0) is 15.3 Å². The average molecular weight is 486 g/mol. The molecule has 1 aliphatic rings. The number of hydrazone groups is 1. The van der Waals surface area contributed by atoms with E-state index in [1.807, 2.05) is 13.0 Å². The third-order valence-corrected chi connectivity index (χ3v) is 7.25. The molecule has 164 valence electrons. The average Bonchev–Trinajstić information content (AvgIpc) is 3.23. The van der Waals surface area contributed by atoms with E-state index in [4.69, 9.17) is 11.6 Å². The number of nitrogens with one attached hydrogen (secondary N) is 1. The highest BCUT2D eigenvalue weighted by molar-refractivity contribution is 8.00. The van der Waals surface area contributed by atoms with Crippen molar-refractivity contribution in [2.45, 2.75) is 36.8 Å². The molecule has 0 bridgehead atoms. The molecule has 1 aliphatic heterocycles. The molecule has 2 heterocycles. The molecule has 2 aromatic carbocycles. The maximum Gasteiger partial charge on any atom is 0.273 e. The number of rotatable bonds is 6. The van der Waals surface area contributed by atoms with Gasteiger partial charge >= 0.3 is 0 Å². The molecule has 10 heteroatoms. The zero-order valence-corrected chi connectivity index (χ0v) is 19.9. The number of amides is 2. The Hall–Kier alpha value is -2.75.